The first-order chi connectivity index (χ1) is 14.7. The van der Waals surface area contributed by atoms with Gasteiger partial charge in [-0.2, -0.15) is 0 Å². The second-order valence-electron chi connectivity index (χ2n) is 6.74. The fourth-order valence-electron chi connectivity index (χ4n) is 3.19. The first-order valence-electron chi connectivity index (χ1n) is 9.54. The molecule has 0 aliphatic carbocycles. The van der Waals surface area contributed by atoms with Crippen molar-refractivity contribution in [2.45, 2.75) is 4.83 Å². The molecule has 0 aliphatic rings. The Labute approximate surface area is 183 Å². The van der Waals surface area contributed by atoms with Gasteiger partial charge in [0.2, 0.25) is 0 Å². The lowest BCUT2D eigenvalue weighted by molar-refractivity contribution is 0.0601. The standard InChI is InChI=1S/C24H20BrN3O2/c1-30-24(29)18-12-13-20-21(14-18)28-23(22(27-20)17-10-6-3-7-11-17)26-15-19(25)16-8-4-2-5-9-16/h2-14,19H,15H2,1H3,(H,26,28). The van der Waals surface area contributed by atoms with Crippen molar-refractivity contribution in [1.82, 2.24) is 9.97 Å². The van der Waals surface area contributed by atoms with Gasteiger partial charge in [-0.3, -0.25) is 0 Å². The molecule has 150 valence electrons. The van der Waals surface area contributed by atoms with Crippen LogP contribution in [0, 0.1) is 0 Å². The molecule has 5 nitrogen and oxygen atoms in total. The number of hydrogen-bond acceptors (Lipinski definition) is 5. The highest BCUT2D eigenvalue weighted by Crippen LogP contribution is 2.29. The fraction of sp³-hybridized carbons (Fsp3) is 0.125. The molecule has 1 unspecified atom stereocenters. The predicted octanol–water partition coefficient (Wildman–Crippen LogP) is 5.63. The SMILES string of the molecule is COC(=O)c1ccc2nc(-c3ccccc3)c(NCC(Br)c3ccccc3)nc2c1. The Hall–Kier alpha value is -3.25. The van der Waals surface area contributed by atoms with Gasteiger partial charge >= 0.3 is 5.97 Å². The number of benzene rings is 3. The van der Waals surface area contributed by atoms with Crippen molar-refractivity contribution in [3.63, 3.8) is 0 Å². The van der Waals surface area contributed by atoms with Gasteiger partial charge in [0.05, 0.1) is 28.5 Å². The van der Waals surface area contributed by atoms with E-state index < -0.39 is 5.97 Å². The molecule has 0 saturated carbocycles. The fourth-order valence-corrected chi connectivity index (χ4v) is 3.65. The van der Waals surface area contributed by atoms with Crippen LogP contribution in [0.3, 0.4) is 0 Å². The molecule has 3 aromatic carbocycles. The number of esters is 1. The zero-order valence-corrected chi connectivity index (χ0v) is 18.0. The highest BCUT2D eigenvalue weighted by atomic mass is 79.9. The Balaban J connectivity index is 1.73. The number of fused-ring (bicyclic) bond motifs is 1. The highest BCUT2D eigenvalue weighted by Gasteiger charge is 2.15. The van der Waals surface area contributed by atoms with E-state index in [2.05, 4.69) is 33.4 Å². The molecule has 1 heterocycles. The van der Waals surface area contributed by atoms with Crippen LogP contribution < -0.4 is 5.32 Å². The van der Waals surface area contributed by atoms with Crippen LogP contribution in [0.4, 0.5) is 5.82 Å². The average Bonchev–Trinajstić information content (AvgIpc) is 2.82. The second-order valence-corrected chi connectivity index (χ2v) is 7.85. The van der Waals surface area contributed by atoms with Crippen molar-refractivity contribution in [2.24, 2.45) is 0 Å². The lowest BCUT2D eigenvalue weighted by atomic mass is 10.1. The zero-order valence-electron chi connectivity index (χ0n) is 16.4. The van der Waals surface area contributed by atoms with Gasteiger partial charge in [0.15, 0.2) is 5.82 Å². The van der Waals surface area contributed by atoms with Gasteiger partial charge in [0.1, 0.15) is 5.69 Å². The van der Waals surface area contributed by atoms with Gasteiger partial charge in [-0.25, -0.2) is 14.8 Å². The van der Waals surface area contributed by atoms with Crippen molar-refractivity contribution in [1.29, 1.82) is 0 Å². The number of anilines is 1. The summed E-state index contributed by atoms with van der Waals surface area (Å²) < 4.78 is 4.83. The van der Waals surface area contributed by atoms with E-state index in [0.29, 0.717) is 29.0 Å². The topological polar surface area (TPSA) is 64.1 Å². The number of methoxy groups -OCH3 is 1. The first kappa shape index (κ1) is 20.0. The number of carbonyl (C=O) groups is 1. The number of halogens is 1. The molecular weight excluding hydrogens is 442 g/mol. The van der Waals surface area contributed by atoms with Crippen LogP contribution in [0.15, 0.2) is 78.9 Å². The molecule has 0 radical (unpaired) electrons. The third kappa shape index (κ3) is 4.33. The summed E-state index contributed by atoms with van der Waals surface area (Å²) in [5, 5.41) is 3.43. The third-order valence-corrected chi connectivity index (χ3v) is 5.59. The highest BCUT2D eigenvalue weighted by molar-refractivity contribution is 9.09. The van der Waals surface area contributed by atoms with E-state index in [1.54, 1.807) is 18.2 Å². The van der Waals surface area contributed by atoms with E-state index in [-0.39, 0.29) is 4.83 Å². The largest absolute Gasteiger partial charge is 0.465 e. The predicted molar refractivity (Wildman–Crippen MR) is 123 cm³/mol. The number of carbonyl (C=O) groups excluding carboxylic acids is 1. The summed E-state index contributed by atoms with van der Waals surface area (Å²) in [6.45, 7) is 0.626. The minimum absolute atomic E-state index is 0.112. The molecule has 0 aliphatic heterocycles. The number of nitrogens with one attached hydrogen (secondary N) is 1. The summed E-state index contributed by atoms with van der Waals surface area (Å²) >= 11 is 3.74. The summed E-state index contributed by atoms with van der Waals surface area (Å²) in [5.74, 6) is 0.265. The van der Waals surface area contributed by atoms with Crippen molar-refractivity contribution < 1.29 is 9.53 Å². The van der Waals surface area contributed by atoms with E-state index in [0.717, 1.165) is 11.3 Å². The molecule has 1 atom stereocenters. The lowest BCUT2D eigenvalue weighted by Crippen LogP contribution is -2.11. The average molecular weight is 462 g/mol. The van der Waals surface area contributed by atoms with Gasteiger partial charge < -0.3 is 10.1 Å². The van der Waals surface area contributed by atoms with E-state index >= 15 is 0 Å². The van der Waals surface area contributed by atoms with Gasteiger partial charge in [-0.15, -0.1) is 0 Å². The van der Waals surface area contributed by atoms with Gasteiger partial charge in [0.25, 0.3) is 0 Å². The van der Waals surface area contributed by atoms with Gasteiger partial charge in [-0.05, 0) is 23.8 Å². The number of ether oxygens (including phenoxy) is 1. The molecule has 0 fully saturated rings. The Morgan fingerprint density at radius 3 is 2.37 bits per heavy atom. The molecule has 0 amide bonds. The molecule has 4 rings (SSSR count). The Bertz CT molecular complexity index is 1170. The number of nitrogens with zero attached hydrogens (tertiary/aromatic N) is 2. The van der Waals surface area contributed by atoms with Crippen LogP contribution in [0.5, 0.6) is 0 Å². The van der Waals surface area contributed by atoms with Crippen LogP contribution in [0.25, 0.3) is 22.3 Å². The van der Waals surface area contributed by atoms with Crippen molar-refractivity contribution in [3.05, 3.63) is 90.0 Å². The Kier molecular flexibility index (Phi) is 6.05. The number of alkyl halides is 1. The summed E-state index contributed by atoms with van der Waals surface area (Å²) in [5.41, 5.74) is 4.70. The second kappa shape index (κ2) is 9.05. The Morgan fingerprint density at radius 2 is 1.67 bits per heavy atom. The lowest BCUT2D eigenvalue weighted by Gasteiger charge is -2.15. The molecule has 0 spiro atoms. The van der Waals surface area contributed by atoms with E-state index in [1.165, 1.54) is 12.7 Å². The van der Waals surface area contributed by atoms with E-state index in [1.807, 2.05) is 48.5 Å². The molecule has 0 saturated heterocycles. The normalized spacial score (nSPS) is 11.8. The smallest absolute Gasteiger partial charge is 0.337 e. The Morgan fingerprint density at radius 1 is 0.967 bits per heavy atom. The number of rotatable bonds is 6. The maximum Gasteiger partial charge on any atom is 0.337 e. The van der Waals surface area contributed by atoms with E-state index in [4.69, 9.17) is 14.7 Å². The van der Waals surface area contributed by atoms with Gasteiger partial charge in [0, 0.05) is 12.1 Å². The minimum Gasteiger partial charge on any atom is -0.465 e. The molecule has 4 aromatic rings. The number of hydrogen-bond donors (Lipinski definition) is 1. The zero-order chi connectivity index (χ0) is 20.9. The van der Waals surface area contributed by atoms with Crippen LogP contribution >= 0.6 is 15.9 Å². The van der Waals surface area contributed by atoms with Crippen LogP contribution in [0.2, 0.25) is 0 Å². The molecule has 30 heavy (non-hydrogen) atoms. The van der Waals surface area contributed by atoms with Crippen molar-refractivity contribution >= 4 is 38.8 Å². The maximum absolute atomic E-state index is 11.9. The molecule has 6 heteroatoms. The molecular formula is C24H20BrN3O2. The van der Waals surface area contributed by atoms with Crippen LogP contribution in [-0.2, 0) is 4.74 Å². The van der Waals surface area contributed by atoms with Crippen molar-refractivity contribution in [2.75, 3.05) is 19.0 Å². The molecule has 1 aromatic heterocycles. The molecule has 0 bridgehead atoms. The summed E-state index contributed by atoms with van der Waals surface area (Å²) in [4.78, 5) is 21.6. The minimum atomic E-state index is -0.398. The summed E-state index contributed by atoms with van der Waals surface area (Å²) in [6.07, 6.45) is 0. The number of aromatic nitrogens is 2. The van der Waals surface area contributed by atoms with Gasteiger partial charge in [-0.1, -0.05) is 76.6 Å². The van der Waals surface area contributed by atoms with Crippen LogP contribution in [-0.4, -0.2) is 29.6 Å². The first-order valence-corrected chi connectivity index (χ1v) is 10.5. The van der Waals surface area contributed by atoms with E-state index in [9.17, 15) is 4.79 Å². The molecule has 1 N–H and O–H groups in total. The summed E-state index contributed by atoms with van der Waals surface area (Å²) in [6, 6.07) is 25.3. The monoisotopic (exact) mass is 461 g/mol. The quantitative estimate of drug-likeness (QED) is 0.297. The van der Waals surface area contributed by atoms with Crippen molar-refractivity contribution in [3.8, 4) is 11.3 Å². The third-order valence-electron chi connectivity index (χ3n) is 4.74. The van der Waals surface area contributed by atoms with Crippen LogP contribution in [0.1, 0.15) is 20.7 Å². The maximum atomic E-state index is 11.9. The summed E-state index contributed by atoms with van der Waals surface area (Å²) in [7, 11) is 1.36.